The fraction of sp³-hybridized carbons (Fsp3) is 0.571. The fourth-order valence-electron chi connectivity index (χ4n) is 2.99. The van der Waals surface area contributed by atoms with Crippen molar-refractivity contribution in [3.8, 4) is 0 Å². The zero-order chi connectivity index (χ0) is 17.0. The molecule has 2 rings (SSSR count). The van der Waals surface area contributed by atoms with E-state index in [1.54, 1.807) is 6.92 Å². The van der Waals surface area contributed by atoms with Crippen LogP contribution in [0.15, 0.2) is 11.8 Å². The molecule has 23 heavy (non-hydrogen) atoms. The van der Waals surface area contributed by atoms with E-state index in [0.29, 0.717) is 0 Å². The van der Waals surface area contributed by atoms with Crippen LogP contribution < -0.4 is 21.9 Å². The van der Waals surface area contributed by atoms with Gasteiger partial charge in [-0.1, -0.05) is 25.3 Å². The van der Waals surface area contributed by atoms with E-state index in [1.165, 1.54) is 6.08 Å². The highest BCUT2D eigenvalue weighted by atomic mass is 16.2. The van der Waals surface area contributed by atoms with Crippen molar-refractivity contribution in [1.29, 1.82) is 0 Å². The summed E-state index contributed by atoms with van der Waals surface area (Å²) in [5.74, 6) is -2.53. The minimum atomic E-state index is -1.22. The number of nitrogens with two attached hydrogens (primary N) is 1. The molecule has 1 atom stereocenters. The molecule has 2 fully saturated rings. The zero-order valence-corrected chi connectivity index (χ0v) is 12.9. The SMILES string of the molecule is C/C=C(/NNC(N)=O)[C@H]1C(=O)NC(=O)N(C2CCCCC2)C1=O. The predicted molar refractivity (Wildman–Crippen MR) is 80.4 cm³/mol. The van der Waals surface area contributed by atoms with Crippen molar-refractivity contribution in [2.24, 2.45) is 11.7 Å². The van der Waals surface area contributed by atoms with Crippen molar-refractivity contribution < 1.29 is 19.2 Å². The second-order valence-corrected chi connectivity index (χ2v) is 5.59. The summed E-state index contributed by atoms with van der Waals surface area (Å²) < 4.78 is 0. The van der Waals surface area contributed by atoms with Crippen LogP contribution >= 0.6 is 0 Å². The molecule has 0 radical (unpaired) electrons. The summed E-state index contributed by atoms with van der Waals surface area (Å²) in [4.78, 5) is 48.8. The molecule has 9 nitrogen and oxygen atoms in total. The summed E-state index contributed by atoms with van der Waals surface area (Å²) in [6, 6.07) is -1.73. The van der Waals surface area contributed by atoms with E-state index in [-0.39, 0.29) is 11.7 Å². The largest absolute Gasteiger partial charge is 0.350 e. The molecule has 0 aromatic rings. The number of hydrogen-bond donors (Lipinski definition) is 4. The third kappa shape index (κ3) is 3.61. The van der Waals surface area contributed by atoms with Crippen LogP contribution in [0, 0.1) is 5.92 Å². The number of hydrazine groups is 1. The molecule has 5 N–H and O–H groups in total. The van der Waals surface area contributed by atoms with Crippen LogP contribution in [-0.4, -0.2) is 34.8 Å². The minimum absolute atomic E-state index is 0.166. The first-order valence-corrected chi connectivity index (χ1v) is 7.61. The maximum Gasteiger partial charge on any atom is 0.331 e. The Labute approximate surface area is 133 Å². The van der Waals surface area contributed by atoms with Crippen LogP contribution in [0.5, 0.6) is 0 Å². The average Bonchev–Trinajstić information content (AvgIpc) is 2.51. The van der Waals surface area contributed by atoms with Crippen molar-refractivity contribution in [1.82, 2.24) is 21.1 Å². The van der Waals surface area contributed by atoms with Crippen LogP contribution in [-0.2, 0) is 9.59 Å². The van der Waals surface area contributed by atoms with Crippen LogP contribution in [0.3, 0.4) is 0 Å². The fourth-order valence-corrected chi connectivity index (χ4v) is 2.99. The molecule has 1 saturated heterocycles. The molecule has 0 bridgehead atoms. The first-order chi connectivity index (χ1) is 11.0. The number of urea groups is 2. The first-order valence-electron chi connectivity index (χ1n) is 7.61. The summed E-state index contributed by atoms with van der Waals surface area (Å²) >= 11 is 0. The topological polar surface area (TPSA) is 134 Å². The van der Waals surface area contributed by atoms with Gasteiger partial charge in [0, 0.05) is 11.7 Å². The number of imide groups is 2. The van der Waals surface area contributed by atoms with E-state index in [0.717, 1.165) is 37.0 Å². The number of nitrogens with zero attached hydrogens (tertiary/aromatic N) is 1. The molecule has 1 aliphatic heterocycles. The second-order valence-electron chi connectivity index (χ2n) is 5.59. The predicted octanol–water partition coefficient (Wildman–Crippen LogP) is 0.0904. The molecule has 0 spiro atoms. The van der Waals surface area contributed by atoms with E-state index in [4.69, 9.17) is 5.73 Å². The normalized spacial score (nSPS) is 23.5. The number of barbiturate groups is 1. The van der Waals surface area contributed by atoms with Gasteiger partial charge in [0.25, 0.3) is 0 Å². The van der Waals surface area contributed by atoms with Crippen molar-refractivity contribution in [3.63, 3.8) is 0 Å². The Hall–Kier alpha value is -2.58. The van der Waals surface area contributed by atoms with Crippen LogP contribution in [0.4, 0.5) is 9.59 Å². The van der Waals surface area contributed by atoms with Gasteiger partial charge in [-0.15, -0.1) is 0 Å². The lowest BCUT2D eigenvalue weighted by Gasteiger charge is -2.38. The highest BCUT2D eigenvalue weighted by Gasteiger charge is 2.45. The van der Waals surface area contributed by atoms with Gasteiger partial charge in [-0.3, -0.25) is 25.2 Å². The number of carbonyl (C=O) groups is 4. The average molecular weight is 323 g/mol. The highest BCUT2D eigenvalue weighted by molar-refractivity contribution is 6.17. The molecule has 6 amide bonds. The molecule has 1 saturated carbocycles. The summed E-state index contributed by atoms with van der Waals surface area (Å²) in [6.07, 6.45) is 5.91. The molecule has 0 aromatic heterocycles. The van der Waals surface area contributed by atoms with Crippen LogP contribution in [0.1, 0.15) is 39.0 Å². The highest BCUT2D eigenvalue weighted by Crippen LogP contribution is 2.27. The summed E-state index contributed by atoms with van der Waals surface area (Å²) in [5, 5.41) is 2.21. The number of carbonyl (C=O) groups excluding carboxylic acids is 4. The van der Waals surface area contributed by atoms with Gasteiger partial charge in [0.1, 0.15) is 0 Å². The first kappa shape index (κ1) is 16.8. The maximum atomic E-state index is 12.7. The molecule has 0 unspecified atom stereocenters. The standard InChI is InChI=1S/C14H21N5O4/c1-2-9(17-18-13(15)22)10-11(20)16-14(23)19(12(10)21)8-6-4-3-5-7-8/h2,8,10,17H,3-7H2,1H3,(H3,15,18,22)(H,16,20,23)/b9-2+/t10-/m0/s1. The summed E-state index contributed by atoms with van der Waals surface area (Å²) in [6.45, 7) is 1.60. The molecule has 0 aromatic carbocycles. The van der Waals surface area contributed by atoms with Crippen LogP contribution in [0.25, 0.3) is 0 Å². The Morgan fingerprint density at radius 1 is 1.22 bits per heavy atom. The van der Waals surface area contributed by atoms with Gasteiger partial charge >= 0.3 is 12.1 Å². The molecular weight excluding hydrogens is 302 g/mol. The number of allylic oxidation sites excluding steroid dienone is 1. The third-order valence-electron chi connectivity index (χ3n) is 4.09. The minimum Gasteiger partial charge on any atom is -0.350 e. The number of nitrogens with one attached hydrogen (secondary N) is 3. The Morgan fingerprint density at radius 2 is 1.87 bits per heavy atom. The Morgan fingerprint density at radius 3 is 2.43 bits per heavy atom. The molecular formula is C14H21N5O4. The maximum absolute atomic E-state index is 12.7. The molecule has 1 heterocycles. The number of rotatable bonds is 4. The molecule has 1 aliphatic carbocycles. The quantitative estimate of drug-likeness (QED) is 0.430. The lowest BCUT2D eigenvalue weighted by atomic mass is 9.91. The van der Waals surface area contributed by atoms with E-state index in [2.05, 4.69) is 16.2 Å². The smallest absolute Gasteiger partial charge is 0.331 e. The van der Waals surface area contributed by atoms with E-state index in [1.807, 2.05) is 0 Å². The van der Waals surface area contributed by atoms with Crippen molar-refractivity contribution >= 4 is 23.9 Å². The van der Waals surface area contributed by atoms with Gasteiger partial charge in [0.05, 0.1) is 0 Å². The van der Waals surface area contributed by atoms with Crippen molar-refractivity contribution in [2.75, 3.05) is 0 Å². The Balaban J connectivity index is 2.21. The summed E-state index contributed by atoms with van der Waals surface area (Å²) in [7, 11) is 0. The number of amides is 6. The molecule has 2 aliphatic rings. The molecule has 9 heteroatoms. The van der Waals surface area contributed by atoms with Crippen molar-refractivity contribution in [3.05, 3.63) is 11.8 Å². The van der Waals surface area contributed by atoms with Gasteiger partial charge in [0.15, 0.2) is 5.92 Å². The third-order valence-corrected chi connectivity index (χ3v) is 4.09. The van der Waals surface area contributed by atoms with Crippen LogP contribution in [0.2, 0.25) is 0 Å². The summed E-state index contributed by atoms with van der Waals surface area (Å²) in [5.41, 5.74) is 9.72. The zero-order valence-electron chi connectivity index (χ0n) is 12.9. The van der Waals surface area contributed by atoms with E-state index in [9.17, 15) is 19.2 Å². The second kappa shape index (κ2) is 7.12. The van der Waals surface area contributed by atoms with Gasteiger partial charge in [-0.25, -0.2) is 9.59 Å². The number of hydrogen-bond acceptors (Lipinski definition) is 5. The number of primary amides is 1. The Bertz CT molecular complexity index is 553. The van der Waals surface area contributed by atoms with E-state index >= 15 is 0 Å². The lowest BCUT2D eigenvalue weighted by molar-refractivity contribution is -0.143. The van der Waals surface area contributed by atoms with Crippen molar-refractivity contribution in [2.45, 2.75) is 45.1 Å². The van der Waals surface area contributed by atoms with Gasteiger partial charge in [0.2, 0.25) is 11.8 Å². The lowest BCUT2D eigenvalue weighted by Crippen LogP contribution is -2.62. The molecule has 126 valence electrons. The Kier molecular flexibility index (Phi) is 5.20. The monoisotopic (exact) mass is 323 g/mol. The van der Waals surface area contributed by atoms with Gasteiger partial charge < -0.3 is 11.2 Å². The van der Waals surface area contributed by atoms with Gasteiger partial charge in [-0.2, -0.15) is 0 Å². The van der Waals surface area contributed by atoms with E-state index < -0.39 is 29.8 Å². The van der Waals surface area contributed by atoms with Gasteiger partial charge in [-0.05, 0) is 19.8 Å².